The van der Waals surface area contributed by atoms with Crippen LogP contribution in [0, 0.1) is 11.6 Å². The molecular formula is C15H12Br2F2O2. The Morgan fingerprint density at radius 1 is 1.10 bits per heavy atom. The fraction of sp³-hybridized carbons (Fsp3) is 0.200. The second-order valence-corrected chi connectivity index (χ2v) is 6.29. The Bertz CT molecular complexity index is 639. The van der Waals surface area contributed by atoms with Gasteiger partial charge in [-0.2, -0.15) is 0 Å². The lowest BCUT2D eigenvalue weighted by atomic mass is 10.00. The molecule has 0 saturated carbocycles. The van der Waals surface area contributed by atoms with E-state index in [0.29, 0.717) is 11.3 Å². The molecule has 2 aromatic carbocycles. The molecule has 112 valence electrons. The first kappa shape index (κ1) is 16.4. The second kappa shape index (κ2) is 6.85. The van der Waals surface area contributed by atoms with Crippen molar-refractivity contribution < 1.29 is 18.6 Å². The van der Waals surface area contributed by atoms with E-state index in [1.807, 2.05) is 0 Å². The van der Waals surface area contributed by atoms with Gasteiger partial charge in [-0.1, -0.05) is 31.9 Å². The molecule has 1 unspecified atom stereocenters. The number of hydrogen-bond acceptors (Lipinski definition) is 2. The minimum absolute atomic E-state index is 0.0398. The summed E-state index contributed by atoms with van der Waals surface area (Å²) in [5.41, 5.74) is 0.307. The molecule has 2 aromatic rings. The molecule has 0 heterocycles. The largest absolute Gasteiger partial charge is 0.496 e. The molecule has 0 aliphatic carbocycles. The molecule has 0 bridgehead atoms. The van der Waals surface area contributed by atoms with Crippen molar-refractivity contribution in [3.05, 3.63) is 62.0 Å². The van der Waals surface area contributed by atoms with Crippen LogP contribution in [0.1, 0.15) is 17.2 Å². The van der Waals surface area contributed by atoms with E-state index in [2.05, 4.69) is 31.9 Å². The minimum Gasteiger partial charge on any atom is -0.496 e. The summed E-state index contributed by atoms with van der Waals surface area (Å²) in [5.74, 6) is -1.03. The monoisotopic (exact) mass is 420 g/mol. The molecule has 2 nitrogen and oxygen atoms in total. The predicted molar refractivity (Wildman–Crippen MR) is 83.4 cm³/mol. The maximum atomic E-state index is 13.9. The molecule has 0 aliphatic rings. The molecule has 0 spiro atoms. The van der Waals surface area contributed by atoms with Crippen LogP contribution in [0.2, 0.25) is 0 Å². The smallest absolute Gasteiger partial charge is 0.133 e. The van der Waals surface area contributed by atoms with Crippen molar-refractivity contribution >= 4 is 31.9 Å². The number of hydrogen-bond donors (Lipinski definition) is 1. The molecular weight excluding hydrogens is 410 g/mol. The summed E-state index contributed by atoms with van der Waals surface area (Å²) >= 11 is 6.33. The van der Waals surface area contributed by atoms with E-state index >= 15 is 0 Å². The predicted octanol–water partition coefficient (Wildman–Crippen LogP) is 4.77. The first-order valence-electron chi connectivity index (χ1n) is 6.07. The van der Waals surface area contributed by atoms with Crippen LogP contribution in [0.4, 0.5) is 8.78 Å². The molecule has 2 rings (SSSR count). The molecule has 6 heteroatoms. The number of halogens is 4. The van der Waals surface area contributed by atoms with Crippen molar-refractivity contribution in [2.45, 2.75) is 12.5 Å². The van der Waals surface area contributed by atoms with Crippen molar-refractivity contribution in [1.29, 1.82) is 0 Å². The van der Waals surface area contributed by atoms with Crippen LogP contribution in [-0.4, -0.2) is 12.2 Å². The zero-order valence-electron chi connectivity index (χ0n) is 11.0. The van der Waals surface area contributed by atoms with Crippen LogP contribution in [0.15, 0.2) is 39.3 Å². The summed E-state index contributed by atoms with van der Waals surface area (Å²) in [6.07, 6.45) is -1.26. The SMILES string of the molecule is COc1ccc(Br)cc1CC(O)c1c(F)cc(Br)cc1F. The average Bonchev–Trinajstić information content (AvgIpc) is 2.37. The van der Waals surface area contributed by atoms with E-state index in [0.717, 1.165) is 16.6 Å². The van der Waals surface area contributed by atoms with Gasteiger partial charge in [0.2, 0.25) is 0 Å². The molecule has 1 atom stereocenters. The fourth-order valence-corrected chi connectivity index (χ4v) is 2.90. The zero-order valence-corrected chi connectivity index (χ0v) is 14.2. The molecule has 0 saturated heterocycles. The lowest BCUT2D eigenvalue weighted by molar-refractivity contribution is 0.167. The maximum absolute atomic E-state index is 13.9. The lowest BCUT2D eigenvalue weighted by Gasteiger charge is -2.15. The average molecular weight is 422 g/mol. The third kappa shape index (κ3) is 3.81. The second-order valence-electron chi connectivity index (χ2n) is 4.46. The third-order valence-electron chi connectivity index (χ3n) is 3.03. The van der Waals surface area contributed by atoms with E-state index in [-0.39, 0.29) is 16.5 Å². The Balaban J connectivity index is 2.34. The Morgan fingerprint density at radius 2 is 1.71 bits per heavy atom. The Hall–Kier alpha value is -0.980. The zero-order chi connectivity index (χ0) is 15.6. The summed E-state index contributed by atoms with van der Waals surface area (Å²) in [6.45, 7) is 0. The maximum Gasteiger partial charge on any atom is 0.133 e. The van der Waals surface area contributed by atoms with Crippen LogP contribution in [0.25, 0.3) is 0 Å². The van der Waals surface area contributed by atoms with Crippen LogP contribution < -0.4 is 4.74 Å². The quantitative estimate of drug-likeness (QED) is 0.770. The van der Waals surface area contributed by atoms with Gasteiger partial charge >= 0.3 is 0 Å². The summed E-state index contributed by atoms with van der Waals surface area (Å²) in [7, 11) is 1.50. The number of aliphatic hydroxyl groups excluding tert-OH is 1. The van der Waals surface area contributed by atoms with Gasteiger partial charge in [0, 0.05) is 15.4 Å². The van der Waals surface area contributed by atoms with E-state index in [9.17, 15) is 13.9 Å². The van der Waals surface area contributed by atoms with Gasteiger partial charge in [0.25, 0.3) is 0 Å². The first-order valence-corrected chi connectivity index (χ1v) is 7.66. The number of rotatable bonds is 4. The van der Waals surface area contributed by atoms with Crippen LogP contribution >= 0.6 is 31.9 Å². The van der Waals surface area contributed by atoms with Crippen molar-refractivity contribution in [3.63, 3.8) is 0 Å². The summed E-state index contributed by atoms with van der Waals surface area (Å²) in [5, 5.41) is 10.2. The Labute approximate surface area is 138 Å². The standard InChI is InChI=1S/C15H12Br2F2O2/c1-21-14-3-2-9(16)4-8(14)5-13(20)15-11(18)6-10(17)7-12(15)19/h2-4,6-7,13,20H,5H2,1H3. The third-order valence-corrected chi connectivity index (χ3v) is 3.98. The topological polar surface area (TPSA) is 29.5 Å². The normalized spacial score (nSPS) is 12.3. The van der Waals surface area contributed by atoms with Crippen LogP contribution in [-0.2, 0) is 6.42 Å². The minimum atomic E-state index is -1.30. The van der Waals surface area contributed by atoms with E-state index < -0.39 is 17.7 Å². The summed E-state index contributed by atoms with van der Waals surface area (Å²) < 4.78 is 34.0. The van der Waals surface area contributed by atoms with Gasteiger partial charge in [0.05, 0.1) is 18.8 Å². The van der Waals surface area contributed by atoms with E-state index in [1.165, 1.54) is 7.11 Å². The van der Waals surface area contributed by atoms with Crippen molar-refractivity contribution in [1.82, 2.24) is 0 Å². The van der Waals surface area contributed by atoms with Gasteiger partial charge in [-0.3, -0.25) is 0 Å². The number of benzene rings is 2. The van der Waals surface area contributed by atoms with Crippen molar-refractivity contribution in [2.24, 2.45) is 0 Å². The lowest BCUT2D eigenvalue weighted by Crippen LogP contribution is -2.08. The highest BCUT2D eigenvalue weighted by Crippen LogP contribution is 2.31. The van der Waals surface area contributed by atoms with E-state index in [4.69, 9.17) is 4.74 Å². The van der Waals surface area contributed by atoms with Gasteiger partial charge in [-0.25, -0.2) is 8.78 Å². The van der Waals surface area contributed by atoms with Crippen molar-refractivity contribution in [3.8, 4) is 5.75 Å². The van der Waals surface area contributed by atoms with Gasteiger partial charge in [0.1, 0.15) is 17.4 Å². The van der Waals surface area contributed by atoms with Gasteiger partial charge in [0.15, 0.2) is 0 Å². The Morgan fingerprint density at radius 3 is 2.29 bits per heavy atom. The molecule has 21 heavy (non-hydrogen) atoms. The van der Waals surface area contributed by atoms with Crippen LogP contribution in [0.5, 0.6) is 5.75 Å². The first-order chi connectivity index (χ1) is 9.92. The summed E-state index contributed by atoms with van der Waals surface area (Å²) in [4.78, 5) is 0. The molecule has 1 N–H and O–H groups in total. The van der Waals surface area contributed by atoms with E-state index in [1.54, 1.807) is 18.2 Å². The number of methoxy groups -OCH3 is 1. The van der Waals surface area contributed by atoms with Gasteiger partial charge in [-0.15, -0.1) is 0 Å². The highest BCUT2D eigenvalue weighted by atomic mass is 79.9. The highest BCUT2D eigenvalue weighted by molar-refractivity contribution is 9.10. The molecule has 0 fully saturated rings. The molecule has 0 aliphatic heterocycles. The number of aliphatic hydroxyl groups is 1. The molecule has 0 amide bonds. The Kier molecular flexibility index (Phi) is 5.35. The highest BCUT2D eigenvalue weighted by Gasteiger charge is 2.20. The fourth-order valence-electron chi connectivity index (χ4n) is 2.09. The van der Waals surface area contributed by atoms with Crippen LogP contribution in [0.3, 0.4) is 0 Å². The van der Waals surface area contributed by atoms with Gasteiger partial charge < -0.3 is 9.84 Å². The van der Waals surface area contributed by atoms with Crippen molar-refractivity contribution in [2.75, 3.05) is 7.11 Å². The van der Waals surface area contributed by atoms with Gasteiger partial charge in [-0.05, 0) is 35.9 Å². The summed E-state index contributed by atoms with van der Waals surface area (Å²) in [6, 6.07) is 7.51. The molecule has 0 radical (unpaired) electrons. The molecule has 0 aromatic heterocycles. The number of ether oxygens (including phenoxy) is 1.